The first-order chi connectivity index (χ1) is 19.9. The summed E-state index contributed by atoms with van der Waals surface area (Å²) in [5.41, 5.74) is -0.884. The van der Waals surface area contributed by atoms with Gasteiger partial charge in [0.15, 0.2) is 0 Å². The number of nitrogens with one attached hydrogen (secondary N) is 4. The Morgan fingerprint density at radius 2 is 1.67 bits per heavy atom. The molecule has 1 aliphatic heterocycles. The first kappa shape index (κ1) is 34.8. The van der Waals surface area contributed by atoms with E-state index in [4.69, 9.17) is 0 Å². The first-order valence-electron chi connectivity index (χ1n) is 15.4. The first-order valence-corrected chi connectivity index (χ1v) is 15.4. The zero-order valence-electron chi connectivity index (χ0n) is 26.2. The number of aliphatic hydroxyl groups is 1. The molecule has 11 nitrogen and oxygen atoms in total. The highest BCUT2D eigenvalue weighted by molar-refractivity contribution is 6.38. The van der Waals surface area contributed by atoms with Gasteiger partial charge in [0, 0.05) is 37.3 Å². The summed E-state index contributed by atoms with van der Waals surface area (Å²) < 4.78 is 27.7. The SMILES string of the molecule is CC(C)C[C@@H](C(=O)N[C@@H](C[C@@H]1CCCNC1O)C(=O)C(=O)NC1CC1)N(C)C(=O)[C@H](NC(=O)C(C)(C)C)C1CC(F)(F)C1. The summed E-state index contributed by atoms with van der Waals surface area (Å²) >= 11 is 0. The van der Waals surface area contributed by atoms with Crippen molar-refractivity contribution in [3.63, 3.8) is 0 Å². The number of ketones is 1. The number of rotatable bonds is 13. The number of aliphatic hydroxyl groups excluding tert-OH is 1. The van der Waals surface area contributed by atoms with E-state index in [0.717, 1.165) is 24.2 Å². The summed E-state index contributed by atoms with van der Waals surface area (Å²) in [6, 6.07) is -3.70. The number of hydrogen-bond donors (Lipinski definition) is 5. The molecule has 0 aromatic carbocycles. The van der Waals surface area contributed by atoms with Gasteiger partial charge in [-0.05, 0) is 56.9 Å². The van der Waals surface area contributed by atoms with Crippen molar-refractivity contribution in [2.75, 3.05) is 13.6 Å². The fourth-order valence-corrected chi connectivity index (χ4v) is 5.57. The molecule has 5 atom stereocenters. The quantitative estimate of drug-likeness (QED) is 0.197. The molecule has 3 rings (SSSR count). The molecule has 43 heavy (non-hydrogen) atoms. The van der Waals surface area contributed by atoms with Gasteiger partial charge in [-0.3, -0.25) is 29.3 Å². The van der Waals surface area contributed by atoms with Crippen LogP contribution in [0.5, 0.6) is 0 Å². The third-order valence-corrected chi connectivity index (χ3v) is 8.50. The van der Waals surface area contributed by atoms with E-state index in [2.05, 4.69) is 21.3 Å². The van der Waals surface area contributed by atoms with E-state index >= 15 is 0 Å². The molecule has 1 saturated heterocycles. The van der Waals surface area contributed by atoms with Gasteiger partial charge in [-0.2, -0.15) is 0 Å². The Hall–Kier alpha value is -2.67. The largest absolute Gasteiger partial charge is 0.378 e. The second-order valence-corrected chi connectivity index (χ2v) is 14.0. The summed E-state index contributed by atoms with van der Waals surface area (Å²) in [6.07, 6.45) is 1.04. The van der Waals surface area contributed by atoms with Crippen molar-refractivity contribution in [3.8, 4) is 0 Å². The molecule has 3 aliphatic rings. The average Bonchev–Trinajstić information content (AvgIpc) is 3.71. The average molecular weight is 614 g/mol. The van der Waals surface area contributed by atoms with Crippen LogP contribution in [0.4, 0.5) is 8.78 Å². The number of piperidine rings is 1. The Balaban J connectivity index is 1.83. The van der Waals surface area contributed by atoms with Gasteiger partial charge in [-0.15, -0.1) is 0 Å². The van der Waals surface area contributed by atoms with Crippen LogP contribution in [0.3, 0.4) is 0 Å². The minimum absolute atomic E-state index is 0.0182. The molecule has 0 aromatic heterocycles. The predicted molar refractivity (Wildman–Crippen MR) is 155 cm³/mol. The molecule has 3 fully saturated rings. The molecular formula is C30H49F2N5O6. The zero-order valence-corrected chi connectivity index (χ0v) is 26.2. The van der Waals surface area contributed by atoms with Crippen molar-refractivity contribution in [1.82, 2.24) is 26.2 Å². The third-order valence-electron chi connectivity index (χ3n) is 8.50. The van der Waals surface area contributed by atoms with Gasteiger partial charge in [-0.1, -0.05) is 34.6 Å². The number of alkyl halides is 2. The molecule has 0 radical (unpaired) electrons. The van der Waals surface area contributed by atoms with Crippen molar-refractivity contribution in [1.29, 1.82) is 0 Å². The lowest BCUT2D eigenvalue weighted by Gasteiger charge is -2.42. The molecule has 0 aromatic rings. The summed E-state index contributed by atoms with van der Waals surface area (Å²) in [7, 11) is 1.38. The van der Waals surface area contributed by atoms with Crippen molar-refractivity contribution >= 4 is 29.4 Å². The van der Waals surface area contributed by atoms with E-state index in [1.165, 1.54) is 7.05 Å². The molecule has 1 heterocycles. The van der Waals surface area contributed by atoms with Gasteiger partial charge in [0.1, 0.15) is 18.3 Å². The maximum absolute atomic E-state index is 13.8. The van der Waals surface area contributed by atoms with E-state index in [-0.39, 0.29) is 24.8 Å². The van der Waals surface area contributed by atoms with E-state index in [1.54, 1.807) is 20.8 Å². The molecule has 244 valence electrons. The molecule has 2 aliphatic carbocycles. The van der Waals surface area contributed by atoms with E-state index in [9.17, 15) is 37.9 Å². The minimum atomic E-state index is -2.93. The second kappa shape index (κ2) is 14.0. The van der Waals surface area contributed by atoms with E-state index in [0.29, 0.717) is 13.0 Å². The van der Waals surface area contributed by atoms with Crippen molar-refractivity contribution in [3.05, 3.63) is 0 Å². The normalized spacial score (nSPS) is 24.2. The minimum Gasteiger partial charge on any atom is -0.378 e. The van der Waals surface area contributed by atoms with Crippen molar-refractivity contribution in [2.45, 2.75) is 122 Å². The van der Waals surface area contributed by atoms with Crippen LogP contribution in [-0.4, -0.2) is 89.3 Å². The van der Waals surface area contributed by atoms with Gasteiger partial charge in [0.25, 0.3) is 5.91 Å². The lowest BCUT2D eigenvalue weighted by molar-refractivity contribution is -0.155. The topological polar surface area (TPSA) is 157 Å². The maximum atomic E-state index is 13.8. The van der Waals surface area contributed by atoms with Gasteiger partial charge >= 0.3 is 0 Å². The number of hydrogen-bond acceptors (Lipinski definition) is 7. The molecule has 0 spiro atoms. The van der Waals surface area contributed by atoms with Crippen LogP contribution in [0, 0.1) is 23.2 Å². The molecule has 13 heteroatoms. The lowest BCUT2D eigenvalue weighted by Crippen LogP contribution is -2.62. The highest BCUT2D eigenvalue weighted by Gasteiger charge is 2.52. The fraction of sp³-hybridized carbons (Fsp3) is 0.833. The summed E-state index contributed by atoms with van der Waals surface area (Å²) in [5.74, 6) is -7.70. The van der Waals surface area contributed by atoms with Crippen LogP contribution in [-0.2, 0) is 24.0 Å². The maximum Gasteiger partial charge on any atom is 0.289 e. The van der Waals surface area contributed by atoms with Crippen LogP contribution in [0.25, 0.3) is 0 Å². The molecule has 2 saturated carbocycles. The summed E-state index contributed by atoms with van der Waals surface area (Å²) in [5, 5.41) is 21.4. The van der Waals surface area contributed by atoms with Crippen molar-refractivity contribution < 1.29 is 37.9 Å². The highest BCUT2D eigenvalue weighted by Crippen LogP contribution is 2.44. The lowest BCUT2D eigenvalue weighted by atomic mass is 9.75. The molecular weight excluding hydrogens is 564 g/mol. The number of nitrogens with zero attached hydrogens (tertiary/aromatic N) is 1. The Morgan fingerprint density at radius 3 is 2.19 bits per heavy atom. The Labute approximate surface area is 252 Å². The van der Waals surface area contributed by atoms with Crippen LogP contribution in [0.2, 0.25) is 0 Å². The smallest absolute Gasteiger partial charge is 0.289 e. The number of Topliss-reactive ketones (excluding diaryl/α,β-unsaturated/α-hetero) is 1. The van der Waals surface area contributed by atoms with Gasteiger partial charge in [0.05, 0.1) is 6.04 Å². The van der Waals surface area contributed by atoms with Crippen LogP contribution >= 0.6 is 0 Å². The van der Waals surface area contributed by atoms with Gasteiger partial charge < -0.3 is 26.0 Å². The Morgan fingerprint density at radius 1 is 1.05 bits per heavy atom. The van der Waals surface area contributed by atoms with Crippen molar-refractivity contribution in [2.24, 2.45) is 23.2 Å². The van der Waals surface area contributed by atoms with Crippen LogP contribution in [0.1, 0.15) is 86.0 Å². The standard InChI is InChI=1S/C30H49F2N5O6/c1-16(2)12-21(37(6)27(42)22(18-14-30(31,32)15-18)36-28(43)29(3,4)5)25(40)35-20(13-17-8-7-11-33-24(17)39)23(38)26(41)34-19-9-10-19/h16-22,24,33,39H,7-15H2,1-6H3,(H,34,41)(H,35,40)(H,36,43)/t17-,20-,21-,22+,24?/m0/s1. The van der Waals surface area contributed by atoms with Crippen LogP contribution in [0.15, 0.2) is 0 Å². The number of halogens is 2. The summed E-state index contributed by atoms with van der Waals surface area (Å²) in [4.78, 5) is 67.6. The molecule has 1 unspecified atom stereocenters. The summed E-state index contributed by atoms with van der Waals surface area (Å²) in [6.45, 7) is 9.24. The number of carbonyl (C=O) groups excluding carboxylic acids is 5. The number of amides is 4. The number of carbonyl (C=O) groups is 5. The Kier molecular flexibility index (Phi) is 11.3. The zero-order chi connectivity index (χ0) is 32.3. The van der Waals surface area contributed by atoms with E-state index < -0.39 is 89.8 Å². The van der Waals surface area contributed by atoms with Gasteiger partial charge in [-0.25, -0.2) is 8.78 Å². The molecule has 4 amide bonds. The monoisotopic (exact) mass is 613 g/mol. The van der Waals surface area contributed by atoms with E-state index in [1.807, 2.05) is 13.8 Å². The number of likely N-dealkylation sites (N-methyl/N-ethyl adjacent to an activating group) is 1. The van der Waals surface area contributed by atoms with Crippen LogP contribution < -0.4 is 21.3 Å². The second-order valence-electron chi connectivity index (χ2n) is 14.0. The molecule has 5 N–H and O–H groups in total. The van der Waals surface area contributed by atoms with Gasteiger partial charge in [0.2, 0.25) is 29.4 Å². The molecule has 0 bridgehead atoms. The third kappa shape index (κ3) is 9.66. The predicted octanol–water partition coefficient (Wildman–Crippen LogP) is 1.48. The highest BCUT2D eigenvalue weighted by atomic mass is 19.3. The Bertz CT molecular complexity index is 1050. The fourth-order valence-electron chi connectivity index (χ4n) is 5.57.